The highest BCUT2D eigenvalue weighted by molar-refractivity contribution is 8.26. The number of methoxy groups -OCH3 is 1. The van der Waals surface area contributed by atoms with Gasteiger partial charge in [0, 0.05) is 12.6 Å². The van der Waals surface area contributed by atoms with Gasteiger partial charge in [0.15, 0.2) is 18.1 Å². The van der Waals surface area contributed by atoms with Crippen molar-refractivity contribution in [3.05, 3.63) is 64.6 Å². The van der Waals surface area contributed by atoms with E-state index in [-0.39, 0.29) is 24.5 Å². The summed E-state index contributed by atoms with van der Waals surface area (Å²) in [6.45, 7) is 4.17. The maximum Gasteiger partial charge on any atom is 0.266 e. The molecule has 2 aromatic rings. The zero-order valence-corrected chi connectivity index (χ0v) is 19.2. The number of thiocarbonyl (C=S) groups is 1. The van der Waals surface area contributed by atoms with Crippen LogP contribution in [-0.2, 0) is 16.1 Å². The van der Waals surface area contributed by atoms with Gasteiger partial charge in [0.1, 0.15) is 4.32 Å². The molecule has 3 rings (SSSR count). The number of amides is 2. The summed E-state index contributed by atoms with van der Waals surface area (Å²) in [5.41, 5.74) is 1.79. The van der Waals surface area contributed by atoms with E-state index in [0.29, 0.717) is 27.3 Å². The van der Waals surface area contributed by atoms with E-state index >= 15 is 0 Å². The highest BCUT2D eigenvalue weighted by atomic mass is 32.2. The van der Waals surface area contributed by atoms with E-state index < -0.39 is 0 Å². The van der Waals surface area contributed by atoms with Crippen LogP contribution in [0.25, 0.3) is 6.08 Å². The Hall–Kier alpha value is -2.84. The van der Waals surface area contributed by atoms with E-state index in [1.807, 2.05) is 50.2 Å². The van der Waals surface area contributed by atoms with Crippen molar-refractivity contribution in [3.63, 3.8) is 0 Å². The van der Waals surface area contributed by atoms with Gasteiger partial charge in [0.05, 0.1) is 12.0 Å². The first kappa shape index (κ1) is 22.8. The lowest BCUT2D eigenvalue weighted by molar-refractivity contribution is -0.124. The Bertz CT molecular complexity index is 1010. The molecule has 2 aromatic carbocycles. The summed E-state index contributed by atoms with van der Waals surface area (Å²) < 4.78 is 11.6. The van der Waals surface area contributed by atoms with Crippen LogP contribution in [-0.4, -0.2) is 40.8 Å². The molecule has 31 heavy (non-hydrogen) atoms. The third-order valence-electron chi connectivity index (χ3n) is 4.52. The fraction of sp³-hybridized carbons (Fsp3) is 0.261. The summed E-state index contributed by atoms with van der Waals surface area (Å²) in [4.78, 5) is 26.8. The molecular weight excluding hydrogens is 432 g/mol. The standard InChI is InChI=1S/C23H24N2O4S2/c1-15(2)25-22(27)20(31-23(25)30)12-17-9-10-18(19(11-17)28-3)29-14-21(26)24-13-16-7-5-4-6-8-16/h4-12,15H,13-14H2,1-3H3,(H,24,26)/b20-12-. The predicted molar refractivity (Wildman–Crippen MR) is 127 cm³/mol. The van der Waals surface area contributed by atoms with E-state index in [0.717, 1.165) is 11.1 Å². The SMILES string of the molecule is COc1cc(/C=C2\SC(=S)N(C(C)C)C2=O)ccc1OCC(=O)NCc1ccccc1. The average molecular weight is 457 g/mol. The molecule has 0 saturated carbocycles. The van der Waals surface area contributed by atoms with Gasteiger partial charge in [-0.2, -0.15) is 0 Å². The van der Waals surface area contributed by atoms with Crippen LogP contribution in [0.3, 0.4) is 0 Å². The third-order valence-corrected chi connectivity index (χ3v) is 5.85. The average Bonchev–Trinajstić information content (AvgIpc) is 3.04. The molecule has 2 amide bonds. The van der Waals surface area contributed by atoms with Gasteiger partial charge in [-0.1, -0.05) is 60.4 Å². The predicted octanol–water partition coefficient (Wildman–Crippen LogP) is 4.00. The first-order chi connectivity index (χ1) is 14.9. The van der Waals surface area contributed by atoms with Crippen molar-refractivity contribution in [2.45, 2.75) is 26.4 Å². The second-order valence-electron chi connectivity index (χ2n) is 7.11. The number of carbonyl (C=O) groups is 2. The minimum absolute atomic E-state index is 0.0109. The van der Waals surface area contributed by atoms with E-state index in [9.17, 15) is 9.59 Å². The minimum Gasteiger partial charge on any atom is -0.493 e. The number of ether oxygens (including phenoxy) is 2. The number of hydrogen-bond acceptors (Lipinski definition) is 6. The molecule has 0 bridgehead atoms. The molecule has 0 unspecified atom stereocenters. The summed E-state index contributed by atoms with van der Waals surface area (Å²) in [6, 6.07) is 15.0. The molecule has 0 aliphatic carbocycles. The molecule has 1 fully saturated rings. The van der Waals surface area contributed by atoms with E-state index in [1.165, 1.54) is 18.9 Å². The summed E-state index contributed by atoms with van der Waals surface area (Å²) in [6.07, 6.45) is 1.78. The van der Waals surface area contributed by atoms with Crippen LogP contribution in [0, 0.1) is 0 Å². The van der Waals surface area contributed by atoms with Crippen LogP contribution in [0.15, 0.2) is 53.4 Å². The fourth-order valence-electron chi connectivity index (χ4n) is 2.96. The Kier molecular flexibility index (Phi) is 7.70. The lowest BCUT2D eigenvalue weighted by Crippen LogP contribution is -2.34. The highest BCUT2D eigenvalue weighted by Gasteiger charge is 2.33. The van der Waals surface area contributed by atoms with Gasteiger partial charge in [0.2, 0.25) is 0 Å². The number of nitrogens with zero attached hydrogens (tertiary/aromatic N) is 1. The molecule has 1 aliphatic heterocycles. The second kappa shape index (κ2) is 10.5. The fourth-order valence-corrected chi connectivity index (χ4v) is 4.48. The number of rotatable bonds is 8. The zero-order chi connectivity index (χ0) is 22.4. The van der Waals surface area contributed by atoms with Crippen molar-refractivity contribution in [1.29, 1.82) is 0 Å². The topological polar surface area (TPSA) is 67.9 Å². The maximum atomic E-state index is 12.6. The Morgan fingerprint density at radius 3 is 2.58 bits per heavy atom. The maximum absolute atomic E-state index is 12.6. The Balaban J connectivity index is 1.63. The first-order valence-electron chi connectivity index (χ1n) is 9.77. The number of carbonyl (C=O) groups excluding carboxylic acids is 2. The third kappa shape index (κ3) is 5.86. The van der Waals surface area contributed by atoms with Crippen LogP contribution < -0.4 is 14.8 Å². The van der Waals surface area contributed by atoms with Gasteiger partial charge in [-0.05, 0) is 43.2 Å². The second-order valence-corrected chi connectivity index (χ2v) is 8.78. The highest BCUT2D eigenvalue weighted by Crippen LogP contribution is 2.35. The largest absolute Gasteiger partial charge is 0.493 e. The van der Waals surface area contributed by atoms with E-state index in [2.05, 4.69) is 5.32 Å². The molecule has 1 N–H and O–H groups in total. The Morgan fingerprint density at radius 2 is 1.94 bits per heavy atom. The number of nitrogens with one attached hydrogen (secondary N) is 1. The smallest absolute Gasteiger partial charge is 0.266 e. The number of benzene rings is 2. The minimum atomic E-state index is -0.229. The Morgan fingerprint density at radius 1 is 1.19 bits per heavy atom. The van der Waals surface area contributed by atoms with Gasteiger partial charge in [0.25, 0.3) is 11.8 Å². The van der Waals surface area contributed by atoms with Crippen molar-refractivity contribution in [1.82, 2.24) is 10.2 Å². The number of thioether (sulfide) groups is 1. The summed E-state index contributed by atoms with van der Waals surface area (Å²) in [7, 11) is 1.53. The van der Waals surface area contributed by atoms with Crippen LogP contribution in [0.5, 0.6) is 11.5 Å². The van der Waals surface area contributed by atoms with Crippen LogP contribution in [0.1, 0.15) is 25.0 Å². The van der Waals surface area contributed by atoms with Gasteiger partial charge in [-0.15, -0.1) is 0 Å². The van der Waals surface area contributed by atoms with Crippen molar-refractivity contribution >= 4 is 46.2 Å². The van der Waals surface area contributed by atoms with Crippen LogP contribution in [0.2, 0.25) is 0 Å². The normalized spacial score (nSPS) is 15.0. The summed E-state index contributed by atoms with van der Waals surface area (Å²) >= 11 is 6.60. The summed E-state index contributed by atoms with van der Waals surface area (Å²) in [5, 5.41) is 2.82. The van der Waals surface area contributed by atoms with Crippen LogP contribution >= 0.6 is 24.0 Å². The molecule has 1 heterocycles. The van der Waals surface area contributed by atoms with Crippen molar-refractivity contribution in [2.24, 2.45) is 0 Å². The lowest BCUT2D eigenvalue weighted by Gasteiger charge is -2.18. The molecule has 1 saturated heterocycles. The molecule has 0 radical (unpaired) electrons. The quantitative estimate of drug-likeness (QED) is 0.478. The molecule has 8 heteroatoms. The van der Waals surface area contributed by atoms with Crippen molar-refractivity contribution < 1.29 is 19.1 Å². The zero-order valence-electron chi connectivity index (χ0n) is 17.6. The lowest BCUT2D eigenvalue weighted by atomic mass is 10.1. The molecule has 0 atom stereocenters. The monoisotopic (exact) mass is 456 g/mol. The van der Waals surface area contributed by atoms with Gasteiger partial charge in [-0.3, -0.25) is 14.5 Å². The molecule has 0 spiro atoms. The molecular formula is C23H24N2O4S2. The molecule has 0 aromatic heterocycles. The van der Waals surface area contributed by atoms with E-state index in [1.54, 1.807) is 23.1 Å². The molecule has 6 nitrogen and oxygen atoms in total. The summed E-state index contributed by atoms with van der Waals surface area (Å²) in [5.74, 6) is 0.597. The van der Waals surface area contributed by atoms with Crippen molar-refractivity contribution in [3.8, 4) is 11.5 Å². The molecule has 1 aliphatic rings. The van der Waals surface area contributed by atoms with Crippen molar-refractivity contribution in [2.75, 3.05) is 13.7 Å². The van der Waals surface area contributed by atoms with Gasteiger partial charge in [-0.25, -0.2) is 0 Å². The Labute approximate surface area is 191 Å². The van der Waals surface area contributed by atoms with Crippen LogP contribution in [0.4, 0.5) is 0 Å². The van der Waals surface area contributed by atoms with Gasteiger partial charge < -0.3 is 14.8 Å². The molecule has 162 valence electrons. The van der Waals surface area contributed by atoms with E-state index in [4.69, 9.17) is 21.7 Å². The number of hydrogen-bond donors (Lipinski definition) is 1. The van der Waals surface area contributed by atoms with Gasteiger partial charge >= 0.3 is 0 Å². The first-order valence-corrected chi connectivity index (χ1v) is 11.0.